The molecule has 8 nitrogen and oxygen atoms in total. The van der Waals surface area contributed by atoms with Crippen LogP contribution < -0.4 is 14.6 Å². The van der Waals surface area contributed by atoms with E-state index >= 15 is 0 Å². The van der Waals surface area contributed by atoms with Gasteiger partial charge in [0.05, 0.1) is 5.75 Å². The number of aryl methyl sites for hydroxylation is 1. The van der Waals surface area contributed by atoms with Crippen molar-refractivity contribution in [1.29, 1.82) is 0 Å². The number of nitrogens with one attached hydrogen (secondary N) is 2. The normalized spacial score (nSPS) is 12.3. The number of pyridine rings is 1. The number of nitrogens with zero attached hydrogens (tertiary/aromatic N) is 1. The van der Waals surface area contributed by atoms with Gasteiger partial charge < -0.3 is 14.8 Å². The molecule has 0 bridgehead atoms. The number of rotatable bonds is 27. The summed E-state index contributed by atoms with van der Waals surface area (Å²) in [6.07, 6.45) is 24.3. The quantitative estimate of drug-likeness (QED) is 0.0936. The van der Waals surface area contributed by atoms with Gasteiger partial charge in [-0.15, -0.1) is 0 Å². The van der Waals surface area contributed by atoms with Crippen molar-refractivity contribution in [3.8, 4) is 0 Å². The smallest absolute Gasteiger partial charge is 0.407 e. The lowest BCUT2D eigenvalue weighted by atomic mass is 10.0. The summed E-state index contributed by atoms with van der Waals surface area (Å²) in [7, 11) is -1.96. The molecular weight excluding hydrogens is 526 g/mol. The topological polar surface area (TPSA) is 97.6 Å². The van der Waals surface area contributed by atoms with Crippen LogP contribution in [0.4, 0.5) is 4.79 Å². The van der Waals surface area contributed by atoms with E-state index in [0.29, 0.717) is 19.5 Å². The Morgan fingerprint density at radius 2 is 1.30 bits per heavy atom. The number of carbonyl (C=O) groups is 1. The molecule has 1 aromatic heterocycles. The fourth-order valence-corrected chi connectivity index (χ4v) is 5.70. The van der Waals surface area contributed by atoms with Gasteiger partial charge in [0.25, 0.3) is 0 Å². The summed E-state index contributed by atoms with van der Waals surface area (Å²) in [6, 6.07) is 5.74. The average Bonchev–Trinajstić information content (AvgIpc) is 2.95. The maximum absolute atomic E-state index is 12.3. The lowest BCUT2D eigenvalue weighted by molar-refractivity contribution is -0.696. The van der Waals surface area contributed by atoms with Gasteiger partial charge in [-0.2, -0.15) is 0 Å². The maximum Gasteiger partial charge on any atom is 0.407 e. The van der Waals surface area contributed by atoms with E-state index in [-0.39, 0.29) is 18.9 Å². The number of sulfonamides is 1. The van der Waals surface area contributed by atoms with Crippen LogP contribution in [-0.2, 0) is 26.0 Å². The SMILES string of the molecule is CCCCCCCCCCCCCCCCCCNC(=O)OCC(CNS(=O)(=O)CCC[n+]1ccccc1)OC. The van der Waals surface area contributed by atoms with Gasteiger partial charge in [0, 0.05) is 38.8 Å². The van der Waals surface area contributed by atoms with Gasteiger partial charge >= 0.3 is 6.09 Å². The van der Waals surface area contributed by atoms with E-state index in [1.54, 1.807) is 0 Å². The molecule has 0 aliphatic rings. The second kappa shape index (κ2) is 25.0. The molecule has 0 aliphatic heterocycles. The number of alkyl carbamates (subject to hydrolysis) is 1. The molecule has 0 fully saturated rings. The fraction of sp³-hybridized carbons (Fsp3) is 0.806. The van der Waals surface area contributed by atoms with Crippen LogP contribution in [0.3, 0.4) is 0 Å². The van der Waals surface area contributed by atoms with E-state index in [2.05, 4.69) is 17.0 Å². The molecule has 40 heavy (non-hydrogen) atoms. The molecule has 1 heterocycles. The number of ether oxygens (including phenoxy) is 2. The molecular formula is C31H58N3O5S+. The summed E-state index contributed by atoms with van der Waals surface area (Å²) in [5.41, 5.74) is 0. The third kappa shape index (κ3) is 22.0. The van der Waals surface area contributed by atoms with Crippen molar-refractivity contribution in [2.45, 2.75) is 129 Å². The zero-order valence-corrected chi connectivity index (χ0v) is 26.2. The highest BCUT2D eigenvalue weighted by Crippen LogP contribution is 2.13. The third-order valence-electron chi connectivity index (χ3n) is 7.17. The number of hydrogen-bond acceptors (Lipinski definition) is 5. The summed E-state index contributed by atoms with van der Waals surface area (Å²) in [5.74, 6) is 0.0198. The van der Waals surface area contributed by atoms with Crippen molar-refractivity contribution >= 4 is 16.1 Å². The van der Waals surface area contributed by atoms with Crippen molar-refractivity contribution < 1.29 is 27.3 Å². The Morgan fingerprint density at radius 1 is 0.775 bits per heavy atom. The van der Waals surface area contributed by atoms with Crippen molar-refractivity contribution in [3.05, 3.63) is 30.6 Å². The second-order valence-electron chi connectivity index (χ2n) is 10.8. The molecule has 1 atom stereocenters. The zero-order chi connectivity index (χ0) is 29.2. The highest BCUT2D eigenvalue weighted by molar-refractivity contribution is 7.89. The summed E-state index contributed by atoms with van der Waals surface area (Å²) in [4.78, 5) is 12.0. The monoisotopic (exact) mass is 584 g/mol. The molecule has 1 unspecified atom stereocenters. The Morgan fingerprint density at radius 3 is 1.82 bits per heavy atom. The van der Waals surface area contributed by atoms with Crippen molar-refractivity contribution in [2.24, 2.45) is 0 Å². The first-order valence-corrected chi connectivity index (χ1v) is 17.5. The number of unbranched alkanes of at least 4 members (excludes halogenated alkanes) is 15. The summed E-state index contributed by atoms with van der Waals surface area (Å²) < 4.78 is 39.5. The standard InChI is InChI=1S/C31H57N3O5S/c1-3-4-5-6-7-8-9-10-11-12-13-14-15-16-17-19-23-32-31(35)39-29-30(38-2)28-33-40(36,37)27-22-26-34-24-20-18-21-25-34/h18,20-21,24-25,30,33H,3-17,19,22-23,26-29H2,1-2H3/p+1. The molecule has 2 N–H and O–H groups in total. The van der Waals surface area contributed by atoms with Crippen molar-refractivity contribution in [2.75, 3.05) is 32.6 Å². The predicted octanol–water partition coefficient (Wildman–Crippen LogP) is 6.29. The molecule has 1 aromatic rings. The molecule has 0 radical (unpaired) electrons. The number of amides is 1. The van der Waals surface area contributed by atoms with Gasteiger partial charge in [-0.3, -0.25) is 0 Å². The molecule has 0 aliphatic carbocycles. The van der Waals surface area contributed by atoms with Crippen LogP contribution in [-0.4, -0.2) is 53.2 Å². The first-order chi connectivity index (χ1) is 19.5. The lowest BCUT2D eigenvalue weighted by Crippen LogP contribution is -2.39. The van der Waals surface area contributed by atoms with E-state index in [1.165, 1.54) is 97.0 Å². The van der Waals surface area contributed by atoms with E-state index in [0.717, 1.165) is 12.8 Å². The molecule has 0 saturated heterocycles. The highest BCUT2D eigenvalue weighted by atomic mass is 32.2. The van der Waals surface area contributed by atoms with Crippen LogP contribution >= 0.6 is 0 Å². The Kier molecular flexibility index (Phi) is 22.7. The molecule has 1 rings (SSSR count). The van der Waals surface area contributed by atoms with Crippen LogP contribution in [0, 0.1) is 0 Å². The summed E-state index contributed by atoms with van der Waals surface area (Å²) in [6.45, 7) is 3.53. The first-order valence-electron chi connectivity index (χ1n) is 15.8. The molecule has 1 amide bonds. The van der Waals surface area contributed by atoms with Gasteiger partial charge in [0.1, 0.15) is 19.3 Å². The minimum absolute atomic E-state index is 0.0102. The molecule has 0 aromatic carbocycles. The first kappa shape index (κ1) is 36.3. The van der Waals surface area contributed by atoms with E-state index in [4.69, 9.17) is 9.47 Å². The van der Waals surface area contributed by atoms with Crippen LogP contribution in [0.5, 0.6) is 0 Å². The van der Waals surface area contributed by atoms with Crippen LogP contribution in [0.2, 0.25) is 0 Å². The zero-order valence-electron chi connectivity index (χ0n) is 25.4. The summed E-state index contributed by atoms with van der Waals surface area (Å²) in [5, 5.41) is 2.77. The third-order valence-corrected chi connectivity index (χ3v) is 8.60. The van der Waals surface area contributed by atoms with Crippen molar-refractivity contribution in [1.82, 2.24) is 10.0 Å². The highest BCUT2D eigenvalue weighted by Gasteiger charge is 2.17. The van der Waals surface area contributed by atoms with E-state index in [9.17, 15) is 13.2 Å². The maximum atomic E-state index is 12.3. The Bertz CT molecular complexity index is 824. The van der Waals surface area contributed by atoms with E-state index < -0.39 is 22.2 Å². The van der Waals surface area contributed by atoms with E-state index in [1.807, 2.05) is 35.2 Å². The number of carbonyl (C=O) groups excluding carboxylic acids is 1. The van der Waals surface area contributed by atoms with Crippen LogP contribution in [0.15, 0.2) is 30.6 Å². The minimum atomic E-state index is -3.43. The molecule has 0 saturated carbocycles. The molecule has 232 valence electrons. The second-order valence-corrected chi connectivity index (χ2v) is 12.7. The minimum Gasteiger partial charge on any atom is -0.447 e. The fourth-order valence-electron chi connectivity index (χ4n) is 4.61. The predicted molar refractivity (Wildman–Crippen MR) is 163 cm³/mol. The number of hydrogen-bond donors (Lipinski definition) is 2. The van der Waals surface area contributed by atoms with Gasteiger partial charge in [-0.1, -0.05) is 109 Å². The number of aromatic nitrogens is 1. The number of methoxy groups -OCH3 is 1. The molecule has 0 spiro atoms. The van der Waals surface area contributed by atoms with Gasteiger partial charge in [-0.05, 0) is 6.42 Å². The largest absolute Gasteiger partial charge is 0.447 e. The molecule has 9 heteroatoms. The Balaban J connectivity index is 1.94. The summed E-state index contributed by atoms with van der Waals surface area (Å²) >= 11 is 0. The Hall–Kier alpha value is -1.71. The van der Waals surface area contributed by atoms with Crippen LogP contribution in [0.1, 0.15) is 116 Å². The van der Waals surface area contributed by atoms with Crippen molar-refractivity contribution in [3.63, 3.8) is 0 Å². The average molecular weight is 585 g/mol. The lowest BCUT2D eigenvalue weighted by Gasteiger charge is -2.16. The van der Waals surface area contributed by atoms with Crippen LogP contribution in [0.25, 0.3) is 0 Å². The van der Waals surface area contributed by atoms with Gasteiger partial charge in [0.15, 0.2) is 12.4 Å². The van der Waals surface area contributed by atoms with Gasteiger partial charge in [0.2, 0.25) is 10.0 Å². The Labute approximate surface area is 245 Å². The van der Waals surface area contributed by atoms with Gasteiger partial charge in [-0.25, -0.2) is 22.5 Å².